The van der Waals surface area contributed by atoms with Gasteiger partial charge in [-0.15, -0.1) is 11.3 Å². The van der Waals surface area contributed by atoms with Crippen LogP contribution in [0.4, 0.5) is 0 Å². The first kappa shape index (κ1) is 21.8. The Labute approximate surface area is 176 Å². The second-order valence-corrected chi connectivity index (χ2v) is 10.8. The number of carbonyl (C=O) groups excluding carboxylic acids is 1. The fourth-order valence-corrected chi connectivity index (χ4v) is 6.82. The highest BCUT2D eigenvalue weighted by Gasteiger charge is 2.46. The Kier molecular flexibility index (Phi) is 6.65. The van der Waals surface area contributed by atoms with Crippen LogP contribution in [0.3, 0.4) is 0 Å². The molecule has 0 spiro atoms. The quantitative estimate of drug-likeness (QED) is 0.619. The first-order valence-corrected chi connectivity index (χ1v) is 11.9. The number of ether oxygens (including phenoxy) is 2. The number of thiophene rings is 1. The molecule has 1 aromatic carbocycles. The molecule has 3 rings (SSSR count). The van der Waals surface area contributed by atoms with Crippen LogP contribution in [-0.2, 0) is 26.0 Å². The van der Waals surface area contributed by atoms with Crippen LogP contribution in [0.5, 0.6) is 5.75 Å². The lowest BCUT2D eigenvalue weighted by Gasteiger charge is -2.40. The van der Waals surface area contributed by atoms with E-state index >= 15 is 0 Å². The number of carbonyl (C=O) groups is 1. The van der Waals surface area contributed by atoms with E-state index in [0.29, 0.717) is 35.8 Å². The molecule has 0 amide bonds. The van der Waals surface area contributed by atoms with Crippen LogP contribution in [0, 0.1) is 12.3 Å². The third kappa shape index (κ3) is 4.65. The number of hydrogen-bond acceptors (Lipinski definition) is 6. The number of benzene rings is 1. The van der Waals surface area contributed by atoms with Crippen molar-refractivity contribution in [3.05, 3.63) is 46.8 Å². The van der Waals surface area contributed by atoms with Gasteiger partial charge < -0.3 is 9.47 Å². The molecular weight excluding hydrogens is 410 g/mol. The van der Waals surface area contributed by atoms with Gasteiger partial charge in [0.15, 0.2) is 0 Å². The zero-order valence-corrected chi connectivity index (χ0v) is 18.6. The second kappa shape index (κ2) is 8.85. The van der Waals surface area contributed by atoms with Crippen molar-refractivity contribution in [3.8, 4) is 5.75 Å². The summed E-state index contributed by atoms with van der Waals surface area (Å²) >= 11 is 1.25. The molecular formula is C21H27NO5S2. The van der Waals surface area contributed by atoms with Crippen molar-refractivity contribution < 1.29 is 22.7 Å². The molecule has 0 bridgehead atoms. The molecule has 29 heavy (non-hydrogen) atoms. The van der Waals surface area contributed by atoms with E-state index in [1.807, 2.05) is 31.2 Å². The van der Waals surface area contributed by atoms with Gasteiger partial charge in [-0.3, -0.25) is 4.79 Å². The third-order valence-electron chi connectivity index (χ3n) is 5.24. The maximum Gasteiger partial charge on any atom is 0.313 e. The maximum atomic E-state index is 13.2. The average molecular weight is 438 g/mol. The molecule has 158 valence electrons. The van der Waals surface area contributed by atoms with E-state index in [0.717, 1.165) is 10.4 Å². The number of methoxy groups -OCH3 is 1. The van der Waals surface area contributed by atoms with Crippen molar-refractivity contribution in [2.75, 3.05) is 26.8 Å². The van der Waals surface area contributed by atoms with Crippen LogP contribution in [0.2, 0.25) is 0 Å². The summed E-state index contributed by atoms with van der Waals surface area (Å²) < 4.78 is 38.8. The van der Waals surface area contributed by atoms with Crippen molar-refractivity contribution >= 4 is 27.3 Å². The van der Waals surface area contributed by atoms with Gasteiger partial charge in [0.1, 0.15) is 9.96 Å². The van der Waals surface area contributed by atoms with E-state index in [-0.39, 0.29) is 19.1 Å². The lowest BCUT2D eigenvalue weighted by Crippen LogP contribution is -2.51. The first-order valence-electron chi connectivity index (χ1n) is 9.67. The Morgan fingerprint density at radius 2 is 2.07 bits per heavy atom. The normalized spacial score (nSPS) is 20.4. The average Bonchev–Trinajstić information content (AvgIpc) is 3.15. The van der Waals surface area contributed by atoms with E-state index in [2.05, 4.69) is 0 Å². The van der Waals surface area contributed by atoms with Gasteiger partial charge in [-0.25, -0.2) is 8.42 Å². The number of piperidine rings is 1. The smallest absolute Gasteiger partial charge is 0.313 e. The summed E-state index contributed by atoms with van der Waals surface area (Å²) in [5, 5.41) is 0. The molecule has 1 aromatic heterocycles. The van der Waals surface area contributed by atoms with Gasteiger partial charge in [-0.05, 0) is 62.9 Å². The van der Waals surface area contributed by atoms with Crippen molar-refractivity contribution in [2.45, 2.75) is 37.3 Å². The molecule has 6 nitrogen and oxygen atoms in total. The van der Waals surface area contributed by atoms with Crippen molar-refractivity contribution in [2.24, 2.45) is 5.41 Å². The van der Waals surface area contributed by atoms with Gasteiger partial charge >= 0.3 is 5.97 Å². The zero-order valence-electron chi connectivity index (χ0n) is 17.0. The van der Waals surface area contributed by atoms with Crippen LogP contribution < -0.4 is 4.74 Å². The summed E-state index contributed by atoms with van der Waals surface area (Å²) in [6.07, 6.45) is 1.59. The largest absolute Gasteiger partial charge is 0.497 e. The first-order chi connectivity index (χ1) is 13.8. The van der Waals surface area contributed by atoms with E-state index in [9.17, 15) is 13.2 Å². The minimum absolute atomic E-state index is 0.113. The van der Waals surface area contributed by atoms with Gasteiger partial charge in [0.25, 0.3) is 10.0 Å². The molecule has 2 aromatic rings. The van der Waals surface area contributed by atoms with Crippen LogP contribution in [0.15, 0.2) is 40.6 Å². The van der Waals surface area contributed by atoms with Crippen molar-refractivity contribution in [3.63, 3.8) is 0 Å². The number of nitrogens with zero attached hydrogens (tertiary/aromatic N) is 1. The number of hydrogen-bond donors (Lipinski definition) is 0. The highest BCUT2D eigenvalue weighted by molar-refractivity contribution is 7.91. The number of sulfonamides is 1. The Hall–Kier alpha value is -1.90. The Morgan fingerprint density at radius 1 is 1.28 bits per heavy atom. The molecule has 0 radical (unpaired) electrons. The minimum atomic E-state index is -3.65. The number of aryl methyl sites for hydroxylation is 1. The van der Waals surface area contributed by atoms with Crippen LogP contribution in [-0.4, -0.2) is 45.5 Å². The summed E-state index contributed by atoms with van der Waals surface area (Å²) in [5.74, 6) is 0.362. The van der Waals surface area contributed by atoms with Gasteiger partial charge in [-0.2, -0.15) is 4.31 Å². The number of rotatable bonds is 7. The summed E-state index contributed by atoms with van der Waals surface area (Å²) in [7, 11) is -2.05. The third-order valence-corrected chi connectivity index (χ3v) is 8.55. The van der Waals surface area contributed by atoms with Crippen molar-refractivity contribution in [1.82, 2.24) is 4.31 Å². The molecule has 1 aliphatic rings. The SMILES string of the molecule is CCOC(=O)[C@@]1(Cc2cccc(OC)c2)CCCN(S(=O)(=O)c2ccc(C)s2)C1. The van der Waals surface area contributed by atoms with E-state index in [1.54, 1.807) is 26.2 Å². The molecule has 2 heterocycles. The maximum absolute atomic E-state index is 13.2. The van der Waals surface area contributed by atoms with Crippen LogP contribution in [0.25, 0.3) is 0 Å². The van der Waals surface area contributed by atoms with E-state index in [4.69, 9.17) is 9.47 Å². The summed E-state index contributed by atoms with van der Waals surface area (Å²) in [5.41, 5.74) is 0.00335. The topological polar surface area (TPSA) is 72.9 Å². The van der Waals surface area contributed by atoms with Crippen LogP contribution >= 0.6 is 11.3 Å². The van der Waals surface area contributed by atoms with E-state index < -0.39 is 15.4 Å². The summed E-state index contributed by atoms with van der Waals surface area (Å²) in [6.45, 7) is 4.42. The molecule has 1 fully saturated rings. The van der Waals surface area contributed by atoms with Crippen LogP contribution in [0.1, 0.15) is 30.2 Å². The summed E-state index contributed by atoms with van der Waals surface area (Å²) in [6, 6.07) is 11.0. The Balaban J connectivity index is 1.94. The van der Waals surface area contributed by atoms with Gasteiger partial charge in [0, 0.05) is 18.0 Å². The molecule has 0 aliphatic carbocycles. The van der Waals surface area contributed by atoms with Gasteiger partial charge in [-0.1, -0.05) is 12.1 Å². The molecule has 1 atom stereocenters. The Bertz CT molecular complexity index is 969. The summed E-state index contributed by atoms with van der Waals surface area (Å²) in [4.78, 5) is 14.0. The fraction of sp³-hybridized carbons (Fsp3) is 0.476. The fourth-order valence-electron chi connectivity index (χ4n) is 3.81. The predicted molar refractivity (Wildman–Crippen MR) is 113 cm³/mol. The van der Waals surface area contributed by atoms with Crippen molar-refractivity contribution in [1.29, 1.82) is 0 Å². The van der Waals surface area contributed by atoms with Gasteiger partial charge in [0.05, 0.1) is 19.1 Å². The minimum Gasteiger partial charge on any atom is -0.497 e. The highest BCUT2D eigenvalue weighted by Crippen LogP contribution is 2.38. The lowest BCUT2D eigenvalue weighted by atomic mass is 9.75. The molecule has 0 unspecified atom stereocenters. The standard InChI is InChI=1S/C21H27NO5S2/c1-4-27-20(23)21(14-17-7-5-8-18(13-17)26-3)11-6-12-22(15-21)29(24,25)19-10-9-16(2)28-19/h5,7-10,13H,4,6,11-12,14-15H2,1-3H3/t21-/m1/s1. The predicted octanol–water partition coefficient (Wildman–Crippen LogP) is 3.64. The van der Waals surface area contributed by atoms with E-state index in [1.165, 1.54) is 15.6 Å². The Morgan fingerprint density at radius 3 is 2.72 bits per heavy atom. The monoisotopic (exact) mass is 437 g/mol. The lowest BCUT2D eigenvalue weighted by molar-refractivity contribution is -0.157. The molecule has 1 saturated heterocycles. The van der Waals surface area contributed by atoms with Gasteiger partial charge in [0.2, 0.25) is 0 Å². The highest BCUT2D eigenvalue weighted by atomic mass is 32.2. The molecule has 1 aliphatic heterocycles. The molecule has 8 heteroatoms. The zero-order chi connectivity index (χ0) is 21.1. The molecule has 0 saturated carbocycles. The second-order valence-electron chi connectivity index (χ2n) is 7.34. The number of esters is 1. The molecule has 0 N–H and O–H groups in total.